The number of anilines is 2. The molecule has 2 N–H and O–H groups in total. The minimum absolute atomic E-state index is 0.0515. The highest BCUT2D eigenvalue weighted by atomic mass is 16.6. The lowest BCUT2D eigenvalue weighted by Gasteiger charge is -2.32. The molecule has 0 atom stereocenters. The minimum atomic E-state index is -0.439. The standard InChI is InChI=1S/C12H19N5O3/c1-8-10(17(18)19)11(15-12(13)14-8)16-5-3-9(4-6-16)7-20-2/h9H,3-7H2,1-2H3,(H2,13,14,15). The summed E-state index contributed by atoms with van der Waals surface area (Å²) in [7, 11) is 1.69. The zero-order valence-corrected chi connectivity index (χ0v) is 11.7. The van der Waals surface area contributed by atoms with Crippen LogP contribution in [0.15, 0.2) is 0 Å². The van der Waals surface area contributed by atoms with E-state index in [4.69, 9.17) is 10.5 Å². The maximum Gasteiger partial charge on any atom is 0.332 e. The average molecular weight is 281 g/mol. The molecule has 1 aromatic rings. The predicted octanol–water partition coefficient (Wildman–Crippen LogP) is 1.14. The first kappa shape index (κ1) is 14.4. The molecule has 0 spiro atoms. The summed E-state index contributed by atoms with van der Waals surface area (Å²) in [5.74, 6) is 0.897. The van der Waals surface area contributed by atoms with E-state index >= 15 is 0 Å². The van der Waals surface area contributed by atoms with E-state index in [1.165, 1.54) is 0 Å². The lowest BCUT2D eigenvalue weighted by atomic mass is 9.98. The molecule has 0 aromatic carbocycles. The molecule has 0 bridgehead atoms. The molecule has 0 radical (unpaired) electrons. The van der Waals surface area contributed by atoms with Gasteiger partial charge in [0.05, 0.1) is 4.92 Å². The molecule has 1 aliphatic rings. The molecule has 20 heavy (non-hydrogen) atoms. The lowest BCUT2D eigenvalue weighted by molar-refractivity contribution is -0.385. The Morgan fingerprint density at radius 3 is 2.65 bits per heavy atom. The van der Waals surface area contributed by atoms with Gasteiger partial charge in [0.15, 0.2) is 0 Å². The van der Waals surface area contributed by atoms with Gasteiger partial charge in [0, 0.05) is 26.8 Å². The Balaban J connectivity index is 2.23. The van der Waals surface area contributed by atoms with Crippen molar-refractivity contribution in [3.05, 3.63) is 15.8 Å². The molecule has 0 saturated carbocycles. The summed E-state index contributed by atoms with van der Waals surface area (Å²) >= 11 is 0. The van der Waals surface area contributed by atoms with E-state index in [-0.39, 0.29) is 11.6 Å². The number of hydrogen-bond donors (Lipinski definition) is 1. The Hall–Kier alpha value is -1.96. The number of methoxy groups -OCH3 is 1. The van der Waals surface area contributed by atoms with Crippen molar-refractivity contribution in [2.45, 2.75) is 19.8 Å². The van der Waals surface area contributed by atoms with E-state index < -0.39 is 4.92 Å². The fraction of sp³-hybridized carbons (Fsp3) is 0.667. The third-order valence-electron chi connectivity index (χ3n) is 3.56. The predicted molar refractivity (Wildman–Crippen MR) is 74.6 cm³/mol. The first-order valence-electron chi connectivity index (χ1n) is 6.55. The molecule has 2 rings (SSSR count). The number of nitro groups is 1. The number of ether oxygens (including phenoxy) is 1. The smallest absolute Gasteiger partial charge is 0.332 e. The van der Waals surface area contributed by atoms with Crippen molar-refractivity contribution in [3.63, 3.8) is 0 Å². The number of hydrogen-bond acceptors (Lipinski definition) is 7. The first-order chi connectivity index (χ1) is 9.52. The maximum absolute atomic E-state index is 11.2. The largest absolute Gasteiger partial charge is 0.384 e. The Kier molecular flexibility index (Phi) is 4.33. The van der Waals surface area contributed by atoms with Crippen LogP contribution in [0.1, 0.15) is 18.5 Å². The summed E-state index contributed by atoms with van der Waals surface area (Å²) in [6.45, 7) is 3.73. The van der Waals surface area contributed by atoms with Gasteiger partial charge < -0.3 is 15.4 Å². The van der Waals surface area contributed by atoms with E-state index in [1.54, 1.807) is 14.0 Å². The highest BCUT2D eigenvalue weighted by Crippen LogP contribution is 2.32. The van der Waals surface area contributed by atoms with Gasteiger partial charge in [0.2, 0.25) is 11.8 Å². The van der Waals surface area contributed by atoms with E-state index in [0.29, 0.717) is 30.5 Å². The van der Waals surface area contributed by atoms with Crippen LogP contribution in [0.5, 0.6) is 0 Å². The summed E-state index contributed by atoms with van der Waals surface area (Å²) in [4.78, 5) is 20.6. The molecule has 0 amide bonds. The first-order valence-corrected chi connectivity index (χ1v) is 6.55. The van der Waals surface area contributed by atoms with Crippen molar-refractivity contribution >= 4 is 17.5 Å². The minimum Gasteiger partial charge on any atom is -0.384 e. The number of nitrogens with zero attached hydrogens (tertiary/aromatic N) is 4. The van der Waals surface area contributed by atoms with Gasteiger partial charge in [-0.05, 0) is 25.7 Å². The van der Waals surface area contributed by atoms with E-state index in [2.05, 4.69) is 9.97 Å². The Labute approximate surface area is 117 Å². The van der Waals surface area contributed by atoms with Gasteiger partial charge in [0.25, 0.3) is 0 Å². The van der Waals surface area contributed by atoms with Crippen molar-refractivity contribution < 1.29 is 9.66 Å². The second-order valence-electron chi connectivity index (χ2n) is 4.98. The summed E-state index contributed by atoms with van der Waals surface area (Å²) in [6.07, 6.45) is 1.85. The summed E-state index contributed by atoms with van der Waals surface area (Å²) < 4.78 is 5.15. The molecule has 2 heterocycles. The van der Waals surface area contributed by atoms with Crippen molar-refractivity contribution in [3.8, 4) is 0 Å². The molecule has 1 fully saturated rings. The topological polar surface area (TPSA) is 107 Å². The van der Waals surface area contributed by atoms with Crippen LogP contribution in [-0.2, 0) is 4.74 Å². The molecular formula is C12H19N5O3. The van der Waals surface area contributed by atoms with Crippen molar-refractivity contribution in [1.82, 2.24) is 9.97 Å². The van der Waals surface area contributed by atoms with E-state index in [9.17, 15) is 10.1 Å². The fourth-order valence-corrected chi connectivity index (χ4v) is 2.55. The summed E-state index contributed by atoms with van der Waals surface area (Å²) in [5, 5.41) is 11.2. The van der Waals surface area contributed by atoms with Crippen molar-refractivity contribution in [2.24, 2.45) is 5.92 Å². The van der Waals surface area contributed by atoms with Crippen LogP contribution in [-0.4, -0.2) is 41.7 Å². The Bertz CT molecular complexity index is 500. The number of piperidine rings is 1. The highest BCUT2D eigenvalue weighted by Gasteiger charge is 2.29. The molecule has 8 nitrogen and oxygen atoms in total. The van der Waals surface area contributed by atoms with Gasteiger partial charge in [-0.3, -0.25) is 10.1 Å². The maximum atomic E-state index is 11.2. The van der Waals surface area contributed by atoms with Crippen LogP contribution < -0.4 is 10.6 Å². The number of nitrogens with two attached hydrogens (primary N) is 1. The average Bonchev–Trinajstić information content (AvgIpc) is 2.38. The monoisotopic (exact) mass is 281 g/mol. The molecule has 110 valence electrons. The highest BCUT2D eigenvalue weighted by molar-refractivity contribution is 5.62. The second kappa shape index (κ2) is 6.00. The van der Waals surface area contributed by atoms with Crippen LogP contribution in [0.2, 0.25) is 0 Å². The molecular weight excluding hydrogens is 262 g/mol. The fourth-order valence-electron chi connectivity index (χ4n) is 2.55. The molecule has 8 heteroatoms. The zero-order valence-electron chi connectivity index (χ0n) is 11.7. The number of nitrogen functional groups attached to an aromatic ring is 1. The van der Waals surface area contributed by atoms with Crippen LogP contribution in [0.4, 0.5) is 17.5 Å². The summed E-state index contributed by atoms with van der Waals surface area (Å²) in [5.41, 5.74) is 5.87. The molecule has 1 aliphatic heterocycles. The van der Waals surface area contributed by atoms with Crippen LogP contribution in [0.25, 0.3) is 0 Å². The van der Waals surface area contributed by atoms with Crippen molar-refractivity contribution in [1.29, 1.82) is 0 Å². The van der Waals surface area contributed by atoms with Gasteiger partial charge in [-0.1, -0.05) is 0 Å². The third-order valence-corrected chi connectivity index (χ3v) is 3.56. The second-order valence-corrected chi connectivity index (χ2v) is 4.98. The van der Waals surface area contributed by atoms with Crippen LogP contribution >= 0.6 is 0 Å². The van der Waals surface area contributed by atoms with Crippen molar-refractivity contribution in [2.75, 3.05) is 37.4 Å². The summed E-state index contributed by atoms with van der Waals surface area (Å²) in [6, 6.07) is 0. The quantitative estimate of drug-likeness (QED) is 0.651. The molecule has 1 saturated heterocycles. The lowest BCUT2D eigenvalue weighted by Crippen LogP contribution is -2.36. The Morgan fingerprint density at radius 2 is 2.10 bits per heavy atom. The molecule has 0 unspecified atom stereocenters. The van der Waals surface area contributed by atoms with Gasteiger partial charge in [0.1, 0.15) is 5.69 Å². The van der Waals surface area contributed by atoms with E-state index in [0.717, 1.165) is 19.4 Å². The molecule has 0 aliphatic carbocycles. The number of rotatable bonds is 4. The third kappa shape index (κ3) is 2.96. The van der Waals surface area contributed by atoms with Gasteiger partial charge in [-0.15, -0.1) is 0 Å². The Morgan fingerprint density at radius 1 is 1.45 bits per heavy atom. The van der Waals surface area contributed by atoms with E-state index in [1.807, 2.05) is 4.90 Å². The zero-order chi connectivity index (χ0) is 14.7. The van der Waals surface area contributed by atoms with Gasteiger partial charge in [-0.2, -0.15) is 4.98 Å². The normalized spacial score (nSPS) is 16.4. The molecule has 1 aromatic heterocycles. The number of aryl methyl sites for hydroxylation is 1. The van der Waals surface area contributed by atoms with Crippen LogP contribution in [0, 0.1) is 23.0 Å². The van der Waals surface area contributed by atoms with Crippen LogP contribution in [0.3, 0.4) is 0 Å². The van der Waals surface area contributed by atoms with Gasteiger partial charge in [-0.25, -0.2) is 4.98 Å². The van der Waals surface area contributed by atoms with Gasteiger partial charge >= 0.3 is 5.69 Å². The SMILES string of the molecule is COCC1CCN(c2nc(N)nc(C)c2[N+](=O)[O-])CC1. The number of aromatic nitrogens is 2.